The van der Waals surface area contributed by atoms with Crippen molar-refractivity contribution < 1.29 is 9.53 Å². The van der Waals surface area contributed by atoms with Gasteiger partial charge in [-0.2, -0.15) is 0 Å². The van der Waals surface area contributed by atoms with Crippen LogP contribution in [0.1, 0.15) is 38.2 Å². The highest BCUT2D eigenvalue weighted by molar-refractivity contribution is 6.17. The van der Waals surface area contributed by atoms with Gasteiger partial charge in [0.1, 0.15) is 5.75 Å². The number of fused-ring (bicyclic) bond motifs is 1. The van der Waals surface area contributed by atoms with E-state index < -0.39 is 0 Å². The lowest BCUT2D eigenvalue weighted by atomic mass is 9.91. The van der Waals surface area contributed by atoms with Gasteiger partial charge in [0.15, 0.2) is 0 Å². The van der Waals surface area contributed by atoms with E-state index in [1.54, 1.807) is 0 Å². The zero-order chi connectivity index (χ0) is 14.5. The molecule has 2 rings (SSSR count). The van der Waals surface area contributed by atoms with Crippen LogP contribution in [0.5, 0.6) is 5.75 Å². The molecule has 1 heterocycles. The number of alkyl halides is 1. The number of nitrogens with one attached hydrogen (secondary N) is 1. The SMILES string of the molecule is CC(C)C(CCCl)NC(=O)C1CCOc2ccccc21. The standard InChI is InChI=1S/C16H22ClNO2/c1-11(2)14(7-9-17)18-16(19)13-8-10-20-15-6-4-3-5-12(13)15/h3-6,11,13-14H,7-10H2,1-2H3,(H,18,19). The maximum absolute atomic E-state index is 12.5. The number of rotatable bonds is 5. The first-order valence-electron chi connectivity index (χ1n) is 7.21. The number of hydrogen-bond donors (Lipinski definition) is 1. The molecule has 0 aliphatic carbocycles. The van der Waals surface area contributed by atoms with E-state index in [1.165, 1.54) is 0 Å². The number of benzene rings is 1. The van der Waals surface area contributed by atoms with Crippen LogP contribution in [-0.2, 0) is 4.79 Å². The van der Waals surface area contributed by atoms with Gasteiger partial charge in [0.05, 0.1) is 12.5 Å². The molecule has 1 aromatic rings. The van der Waals surface area contributed by atoms with E-state index in [0.29, 0.717) is 18.4 Å². The lowest BCUT2D eigenvalue weighted by Gasteiger charge is -2.28. The first-order valence-corrected chi connectivity index (χ1v) is 7.75. The molecule has 1 aromatic carbocycles. The number of carbonyl (C=O) groups excluding carboxylic acids is 1. The number of amides is 1. The van der Waals surface area contributed by atoms with Crippen molar-refractivity contribution in [3.63, 3.8) is 0 Å². The first kappa shape index (κ1) is 15.2. The molecule has 0 saturated heterocycles. The summed E-state index contributed by atoms with van der Waals surface area (Å²) in [5.41, 5.74) is 0.990. The van der Waals surface area contributed by atoms with Crippen molar-refractivity contribution in [1.29, 1.82) is 0 Å². The lowest BCUT2D eigenvalue weighted by molar-refractivity contribution is -0.124. The van der Waals surface area contributed by atoms with Crippen molar-refractivity contribution in [1.82, 2.24) is 5.32 Å². The van der Waals surface area contributed by atoms with Gasteiger partial charge in [0.25, 0.3) is 0 Å². The highest BCUT2D eigenvalue weighted by Gasteiger charge is 2.29. The molecule has 0 bridgehead atoms. The molecule has 0 saturated carbocycles. The Morgan fingerprint density at radius 3 is 2.90 bits per heavy atom. The van der Waals surface area contributed by atoms with Gasteiger partial charge in [-0.25, -0.2) is 0 Å². The van der Waals surface area contributed by atoms with Crippen LogP contribution in [0.25, 0.3) is 0 Å². The molecule has 1 aliphatic heterocycles. The van der Waals surface area contributed by atoms with Crippen LogP contribution in [0.3, 0.4) is 0 Å². The molecule has 1 N–H and O–H groups in total. The summed E-state index contributed by atoms with van der Waals surface area (Å²) in [7, 11) is 0. The summed E-state index contributed by atoms with van der Waals surface area (Å²) in [6, 6.07) is 7.92. The third-order valence-corrected chi connectivity index (χ3v) is 4.05. The Labute approximate surface area is 125 Å². The number of ether oxygens (including phenoxy) is 1. The lowest BCUT2D eigenvalue weighted by Crippen LogP contribution is -2.42. The van der Waals surface area contributed by atoms with E-state index in [0.717, 1.165) is 24.2 Å². The van der Waals surface area contributed by atoms with Crippen molar-refractivity contribution in [2.24, 2.45) is 5.92 Å². The van der Waals surface area contributed by atoms with Gasteiger partial charge >= 0.3 is 0 Å². The smallest absolute Gasteiger partial charge is 0.228 e. The average Bonchev–Trinajstić information content (AvgIpc) is 2.46. The Balaban J connectivity index is 2.10. The first-order chi connectivity index (χ1) is 9.63. The van der Waals surface area contributed by atoms with Crippen LogP contribution in [0.4, 0.5) is 0 Å². The van der Waals surface area contributed by atoms with Crippen molar-refractivity contribution in [2.75, 3.05) is 12.5 Å². The van der Waals surface area contributed by atoms with Crippen molar-refractivity contribution in [2.45, 2.75) is 38.6 Å². The normalized spacial score (nSPS) is 19.1. The van der Waals surface area contributed by atoms with E-state index in [1.807, 2.05) is 24.3 Å². The van der Waals surface area contributed by atoms with Gasteiger partial charge in [0, 0.05) is 17.5 Å². The van der Waals surface area contributed by atoms with E-state index in [2.05, 4.69) is 19.2 Å². The average molecular weight is 296 g/mol. The molecule has 0 spiro atoms. The summed E-state index contributed by atoms with van der Waals surface area (Å²) in [5, 5.41) is 3.15. The van der Waals surface area contributed by atoms with Crippen LogP contribution in [0, 0.1) is 5.92 Å². The molecule has 1 amide bonds. The van der Waals surface area contributed by atoms with Gasteiger partial charge < -0.3 is 10.1 Å². The topological polar surface area (TPSA) is 38.3 Å². The predicted molar refractivity (Wildman–Crippen MR) is 81.4 cm³/mol. The number of hydrogen-bond acceptors (Lipinski definition) is 2. The molecule has 0 aromatic heterocycles. The Kier molecular flexibility index (Phi) is 5.30. The van der Waals surface area contributed by atoms with Gasteiger partial charge in [0.2, 0.25) is 5.91 Å². The second-order valence-corrected chi connectivity index (χ2v) is 5.94. The molecule has 110 valence electrons. The maximum atomic E-state index is 12.5. The maximum Gasteiger partial charge on any atom is 0.228 e. The molecule has 3 nitrogen and oxygen atoms in total. The summed E-state index contributed by atoms with van der Waals surface area (Å²) < 4.78 is 5.60. The minimum absolute atomic E-state index is 0.0876. The van der Waals surface area contributed by atoms with Gasteiger partial charge in [-0.1, -0.05) is 32.0 Å². The zero-order valence-electron chi connectivity index (χ0n) is 12.1. The monoisotopic (exact) mass is 295 g/mol. The molecule has 0 radical (unpaired) electrons. The number of halogens is 1. The fourth-order valence-corrected chi connectivity index (χ4v) is 2.82. The largest absolute Gasteiger partial charge is 0.493 e. The molecule has 2 atom stereocenters. The Bertz CT molecular complexity index is 462. The summed E-state index contributed by atoms with van der Waals surface area (Å²) in [5.74, 6) is 1.75. The van der Waals surface area contributed by atoms with E-state index in [-0.39, 0.29) is 17.9 Å². The number of carbonyl (C=O) groups is 1. The molecule has 0 fully saturated rings. The predicted octanol–water partition coefficient (Wildman–Crippen LogP) is 3.32. The second kappa shape index (κ2) is 6.98. The van der Waals surface area contributed by atoms with Crippen molar-refractivity contribution in [3.8, 4) is 5.75 Å². The summed E-state index contributed by atoms with van der Waals surface area (Å²) in [4.78, 5) is 12.5. The van der Waals surface area contributed by atoms with E-state index in [4.69, 9.17) is 16.3 Å². The summed E-state index contributed by atoms with van der Waals surface area (Å²) in [6.07, 6.45) is 1.53. The minimum atomic E-state index is -0.114. The van der Waals surface area contributed by atoms with Crippen LogP contribution < -0.4 is 10.1 Å². The Hall–Kier alpha value is -1.22. The van der Waals surface area contributed by atoms with Crippen molar-refractivity contribution in [3.05, 3.63) is 29.8 Å². The summed E-state index contributed by atoms with van der Waals surface area (Å²) in [6.45, 7) is 4.81. The third-order valence-electron chi connectivity index (χ3n) is 3.83. The fraction of sp³-hybridized carbons (Fsp3) is 0.562. The van der Waals surface area contributed by atoms with Crippen LogP contribution in [0.15, 0.2) is 24.3 Å². The fourth-order valence-electron chi connectivity index (χ4n) is 2.59. The second-order valence-electron chi connectivity index (χ2n) is 5.56. The van der Waals surface area contributed by atoms with Gasteiger partial charge in [-0.15, -0.1) is 11.6 Å². The molecular weight excluding hydrogens is 274 g/mol. The summed E-state index contributed by atoms with van der Waals surface area (Å²) >= 11 is 5.82. The van der Waals surface area contributed by atoms with E-state index >= 15 is 0 Å². The Morgan fingerprint density at radius 1 is 1.45 bits per heavy atom. The number of para-hydroxylation sites is 1. The minimum Gasteiger partial charge on any atom is -0.493 e. The molecular formula is C16H22ClNO2. The highest BCUT2D eigenvalue weighted by atomic mass is 35.5. The van der Waals surface area contributed by atoms with Gasteiger partial charge in [-0.3, -0.25) is 4.79 Å². The molecule has 20 heavy (non-hydrogen) atoms. The van der Waals surface area contributed by atoms with Gasteiger partial charge in [-0.05, 0) is 24.8 Å². The quantitative estimate of drug-likeness (QED) is 0.846. The van der Waals surface area contributed by atoms with Crippen molar-refractivity contribution >= 4 is 17.5 Å². The molecule has 2 unspecified atom stereocenters. The zero-order valence-corrected chi connectivity index (χ0v) is 12.8. The third kappa shape index (κ3) is 3.45. The highest BCUT2D eigenvalue weighted by Crippen LogP contribution is 2.33. The van der Waals surface area contributed by atoms with Crippen LogP contribution in [0.2, 0.25) is 0 Å². The Morgan fingerprint density at radius 2 is 2.20 bits per heavy atom. The van der Waals surface area contributed by atoms with Crippen LogP contribution >= 0.6 is 11.6 Å². The molecule has 4 heteroatoms. The molecule has 1 aliphatic rings. The van der Waals surface area contributed by atoms with E-state index in [9.17, 15) is 4.79 Å². The van der Waals surface area contributed by atoms with Crippen LogP contribution in [-0.4, -0.2) is 24.4 Å².